The molecular weight excluding hydrogens is 1470 g/mol. The molecule has 0 heterocycles. The number of carbonyl (C=O) groups excluding carboxylic acids is 9. The van der Waals surface area contributed by atoms with Crippen molar-refractivity contribution < 1.29 is 319 Å². The summed E-state index contributed by atoms with van der Waals surface area (Å²) in [6.45, 7) is 0. The van der Waals surface area contributed by atoms with E-state index in [1.165, 1.54) is 0 Å². The van der Waals surface area contributed by atoms with E-state index in [-0.39, 0.29) is 141 Å². The summed E-state index contributed by atoms with van der Waals surface area (Å²) in [4.78, 5) is 181. The van der Waals surface area contributed by atoms with Crippen LogP contribution in [0.1, 0.15) is 77.0 Å². The summed E-state index contributed by atoms with van der Waals surface area (Å²) in [6.07, 6.45) is -16.3. The van der Waals surface area contributed by atoms with Gasteiger partial charge in [0, 0.05) is 112 Å². The van der Waals surface area contributed by atoms with E-state index < -0.39 is 218 Å². The molecule has 0 saturated heterocycles. The molecule has 0 saturated carbocycles. The normalized spacial score (nSPS) is 10.4. The van der Waals surface area contributed by atoms with Gasteiger partial charge in [-0.3, -0.25) is 43.2 Å². The summed E-state index contributed by atoms with van der Waals surface area (Å²) in [5, 5.41) is 229. The summed E-state index contributed by atoms with van der Waals surface area (Å²) in [5.41, 5.74) is -18.8. The summed E-state index contributed by atoms with van der Waals surface area (Å²) in [7, 11) is 0. The van der Waals surface area contributed by atoms with Crippen molar-refractivity contribution in [2.75, 3.05) is 0 Å². The standard InChI is InChI=1S/6C6H7O7.Fe.5H3N.9H2O.2Ti/c6*7-3(8)1-6(13,5(11)12)2-4(9)10;;;;;;;;;;;;;;;;;/h6*1-2H2,(H,7,8)(H,9,10)(H,11,12);;5*1H3;9*1H2;;/q6*-1;+3;;;;;;;;;;;;;;;+3;+4/p+2. The first-order valence-electron chi connectivity index (χ1n) is 18.7. The third kappa shape index (κ3) is 78.0. The van der Waals surface area contributed by atoms with Crippen molar-refractivity contribution in [1.29, 1.82) is 0 Å². The third-order valence-corrected chi connectivity index (χ3v) is 7.45. The molecule has 0 aliphatic heterocycles. The molecule has 0 rings (SSSR count). The Morgan fingerprint density at radius 1 is 0.221 bits per heavy atom. The first-order valence-corrected chi connectivity index (χ1v) is 18.7. The molecule has 56 nitrogen and oxygen atoms in total. The van der Waals surface area contributed by atoms with Crippen LogP contribution in [0.4, 0.5) is 0 Å². The number of carbonyl (C=O) groups is 18. The van der Waals surface area contributed by atoms with Crippen LogP contribution >= 0.6 is 0 Å². The number of carboxylic acids is 18. The number of hydrogen-bond donors (Lipinski definition) is 14. The van der Waals surface area contributed by atoms with E-state index in [0.717, 1.165) is 0 Å². The maximum absolute atomic E-state index is 11.0. The zero-order chi connectivity index (χ0) is 63.9. The Bertz CT molecular complexity index is 1820. The molecule has 0 fully saturated rings. The average Bonchev–Trinajstić information content (AvgIpc) is 3.15. The van der Waals surface area contributed by atoms with Crippen molar-refractivity contribution in [2.45, 2.75) is 111 Å². The van der Waals surface area contributed by atoms with Crippen molar-refractivity contribution in [2.24, 2.45) is 0 Å². The molecule has 95 heavy (non-hydrogen) atoms. The zero-order valence-corrected chi connectivity index (χ0v) is 53.5. The molecule has 0 unspecified atom stereocenters. The minimum Gasteiger partial charge on any atom is -0.844 e. The molecule has 0 aliphatic carbocycles. The number of rotatable bonds is 30. The second kappa shape index (κ2) is 69.9. The minimum atomic E-state index is -3.16. The van der Waals surface area contributed by atoms with Crippen LogP contribution in [-0.4, -0.2) is 203 Å². The van der Waals surface area contributed by atoms with Crippen LogP contribution in [0.5, 0.6) is 0 Å². The van der Waals surface area contributed by atoms with Crippen molar-refractivity contribution in [3.8, 4) is 0 Å². The summed E-state index contributed by atoms with van der Waals surface area (Å²) < 4.78 is 0. The number of hydrogen-bond acceptors (Lipinski definition) is 33. The van der Waals surface area contributed by atoms with Crippen molar-refractivity contribution in [3.05, 3.63) is 0 Å². The molecule has 0 aliphatic rings. The maximum atomic E-state index is 11.0. The first-order chi connectivity index (χ1) is 34.7. The second-order valence-electron chi connectivity index (χ2n) is 14.5. The Kier molecular flexibility index (Phi) is 115. The van der Waals surface area contributed by atoms with Gasteiger partial charge >= 0.3 is 114 Å². The van der Waals surface area contributed by atoms with Gasteiger partial charge in [0.2, 0.25) is 0 Å². The Balaban J connectivity index is -0.0000000301. The van der Waals surface area contributed by atoms with Crippen LogP contribution in [0.3, 0.4) is 0 Å². The van der Waals surface area contributed by atoms with Crippen molar-refractivity contribution >= 4 is 107 Å². The smallest absolute Gasteiger partial charge is 0.844 e. The Morgan fingerprint density at radius 3 is 0.326 bits per heavy atom. The topological polar surface area (TPSA) is 1310 Å². The van der Waals surface area contributed by atoms with Gasteiger partial charge in [-0.1, -0.05) is 33.6 Å². The summed E-state index contributed by atoms with van der Waals surface area (Å²) in [5.74, 6) is -34.5. The molecule has 2 radical (unpaired) electrons. The molecule has 562 valence electrons. The van der Waals surface area contributed by atoms with Gasteiger partial charge in [0.05, 0.1) is 0 Å². The first kappa shape index (κ1) is 157. The van der Waals surface area contributed by atoms with Gasteiger partial charge in [0.25, 0.3) is 0 Å². The third-order valence-electron chi connectivity index (χ3n) is 7.45. The predicted octanol–water partition coefficient (Wildman–Crippen LogP) is -29.4. The molecule has 0 aromatic heterocycles. The molecule has 3 atom stereocenters. The molecule has 0 aromatic rings. The van der Waals surface area contributed by atoms with Gasteiger partial charge in [-0.2, -0.15) is 0 Å². The van der Waals surface area contributed by atoms with E-state index in [1.807, 2.05) is 0 Å². The molecule has 53 N–H and O–H groups in total. The van der Waals surface area contributed by atoms with Gasteiger partial charge in [-0.05, 0) is 19.3 Å². The van der Waals surface area contributed by atoms with Gasteiger partial charge in [-0.15, -0.1) is 0 Å². The number of quaternary nitrogens is 5. The van der Waals surface area contributed by atoms with E-state index in [1.54, 1.807) is 0 Å². The fraction of sp³-hybridized carbons (Fsp3) is 0.500. The molecule has 0 spiro atoms. The Labute approximate surface area is 565 Å². The van der Waals surface area contributed by atoms with Crippen LogP contribution in [0.25, 0.3) is 0 Å². The van der Waals surface area contributed by atoms with E-state index in [2.05, 4.69) is 0 Å². The van der Waals surface area contributed by atoms with Gasteiger partial charge in [-0.25, -0.2) is 0 Å². The fourth-order valence-electron chi connectivity index (χ4n) is 4.14. The van der Waals surface area contributed by atoms with Crippen LogP contribution in [-0.2, 0) is 180 Å². The van der Waals surface area contributed by atoms with E-state index in [9.17, 15) is 163 Å². The second-order valence-corrected chi connectivity index (χ2v) is 14.5. The Hall–Kier alpha value is -8.39. The molecule has 0 amide bonds. The summed E-state index contributed by atoms with van der Waals surface area (Å²) in [6, 6.07) is 0. The Morgan fingerprint density at radius 2 is 0.284 bits per heavy atom. The largest absolute Gasteiger partial charge is 4.00 e. The zero-order valence-electron chi connectivity index (χ0n) is 49.3. The molecule has 0 aromatic carbocycles. The molecule has 0 bridgehead atoms. The van der Waals surface area contributed by atoms with Crippen LogP contribution in [0, 0.1) is 0 Å². The number of aliphatic carboxylic acids is 18. The molecule has 59 heteroatoms. The average molecular weight is 1550 g/mol. The van der Waals surface area contributed by atoms with E-state index in [0.29, 0.717) is 0 Å². The van der Waals surface area contributed by atoms with E-state index >= 15 is 0 Å². The SMILES string of the molecule is O.O.O.O=C(O)CC([O-])(CC(=O)O)C(=O)[O-].O=C(O)CC([O-])(CC(=O)O)C(=O)[O-].O=C(O)CC([O-])(CC(=O)O)C(=O)[O-].O=C([O-])C[C@@]([O-])(CC(=O)O)C(=O)[O-].O=C([O-])C[C@@]([O-])(CC(=O)O)C(=O)[O-].O=C([O-])C[C@@]([O-])(CC(=O)O)C(=O)[O-].[Fe+3].[NH4+].[NH4+].[NH4+].[NH4+].[NH4+].[OH3+].[OH3+].[OH3+].[OH3+].[OH3+].[OH3+].[Ti+3].[Ti+4]. The van der Waals surface area contributed by atoms with Crippen molar-refractivity contribution in [1.82, 2.24) is 30.8 Å². The van der Waals surface area contributed by atoms with E-state index in [4.69, 9.17) is 46.0 Å². The minimum absolute atomic E-state index is 0. The fourth-order valence-corrected chi connectivity index (χ4v) is 4.14. The van der Waals surface area contributed by atoms with Gasteiger partial charge in [0.1, 0.15) is 0 Å². The quantitative estimate of drug-likeness (QED) is 0.0235. The maximum Gasteiger partial charge on any atom is 4.00 e. The molecular formula is C36H77FeN5O51Ti2+6. The summed E-state index contributed by atoms with van der Waals surface area (Å²) >= 11 is 0. The van der Waals surface area contributed by atoms with Crippen LogP contribution < -0.4 is 107 Å². The number of carboxylic acid groups (broad SMARTS) is 18. The van der Waals surface area contributed by atoms with Crippen molar-refractivity contribution in [3.63, 3.8) is 0 Å². The van der Waals surface area contributed by atoms with Gasteiger partial charge in [0.15, 0.2) is 0 Å². The monoisotopic (exact) mass is 1550 g/mol. The van der Waals surface area contributed by atoms with Crippen LogP contribution in [0.15, 0.2) is 0 Å². The van der Waals surface area contributed by atoms with Crippen LogP contribution in [0.2, 0.25) is 0 Å². The van der Waals surface area contributed by atoms with Gasteiger partial charge < -0.3 is 246 Å². The predicted molar refractivity (Wildman–Crippen MR) is 256 cm³/mol.